The molecule has 0 aromatic heterocycles. The number of hydrogen-bond acceptors (Lipinski definition) is 11. The predicted molar refractivity (Wildman–Crippen MR) is 41.4 cm³/mol. The zero-order valence-electron chi connectivity index (χ0n) is 12.5. The number of nitrogens with two attached hydrogens (primary N) is 1. The summed E-state index contributed by atoms with van der Waals surface area (Å²) in [6.07, 6.45) is -1.02. The summed E-state index contributed by atoms with van der Waals surface area (Å²) in [4.78, 5) is 42.4. The Morgan fingerprint density at radius 1 is 0.952 bits per heavy atom. The average Bonchev–Trinajstić information content (AvgIpc) is 2.08. The Hall–Kier alpha value is 5.49. The fourth-order valence-corrected chi connectivity index (χ4v) is 3.46. The molecule has 0 fully saturated rings. The Labute approximate surface area is 236 Å². The molecule has 0 saturated carbocycles. The number of rotatable bonds is 7. The van der Waals surface area contributed by atoms with Crippen LogP contribution in [0, 0.1) is 0 Å². The van der Waals surface area contributed by atoms with Crippen LogP contribution in [0.1, 0.15) is 6.42 Å². The minimum Gasteiger partial charge on any atom is -0.809 e. The van der Waals surface area contributed by atoms with Crippen LogP contribution in [0.25, 0.3) is 0 Å². The van der Waals surface area contributed by atoms with Crippen molar-refractivity contribution in [2.75, 3.05) is 5.75 Å². The first-order chi connectivity index (χ1) is 7.06. The molecule has 0 aromatic rings. The van der Waals surface area contributed by atoms with Gasteiger partial charge in [0.15, 0.2) is 0 Å². The zero-order valence-corrected chi connectivity index (χ0v) is 25.1. The molecule has 0 spiro atoms. The summed E-state index contributed by atoms with van der Waals surface area (Å²) in [5.74, 6) is -0.512. The van der Waals surface area contributed by atoms with E-state index in [1.807, 2.05) is 0 Å². The minimum atomic E-state index is -5.86. The van der Waals surface area contributed by atoms with Crippen molar-refractivity contribution in [3.8, 4) is 0 Å². The zero-order chi connectivity index (χ0) is 13.0. The van der Waals surface area contributed by atoms with Gasteiger partial charge >= 0.3 is 148 Å². The van der Waals surface area contributed by atoms with Crippen molar-refractivity contribution >= 4 is 27.2 Å². The maximum absolute atomic E-state index is 10.6. The molecule has 2 N–H and O–H groups in total. The van der Waals surface area contributed by atoms with Gasteiger partial charge in [-0.25, -0.2) is 0 Å². The largest absolute Gasteiger partial charge is 1.00 e. The van der Waals surface area contributed by atoms with Crippen molar-refractivity contribution in [3.63, 3.8) is 0 Å². The molecule has 98 valence electrons. The van der Waals surface area contributed by atoms with Gasteiger partial charge in [0.25, 0.3) is 0 Å². The van der Waals surface area contributed by atoms with E-state index in [-0.39, 0.29) is 160 Å². The second-order valence-electron chi connectivity index (χ2n) is 2.58. The van der Waals surface area contributed by atoms with Gasteiger partial charge in [-0.15, -0.1) is 0 Å². The third kappa shape index (κ3) is 15.1. The molecule has 0 amide bonds. The molecular weight excluding hydrogens is 403 g/mol. The van der Waals surface area contributed by atoms with Gasteiger partial charge in [0.2, 0.25) is 0 Å². The monoisotopic (exact) mass is 409 g/mol. The molecule has 0 aliphatic carbocycles. The van der Waals surface area contributed by atoms with Crippen molar-refractivity contribution in [3.05, 3.63) is 0 Å². The van der Waals surface area contributed by atoms with Crippen molar-refractivity contribution < 1.29 is 191 Å². The van der Waals surface area contributed by atoms with Gasteiger partial charge in [0.1, 0.15) is 0 Å². The van der Waals surface area contributed by atoms with E-state index in [0.717, 1.165) is 0 Å². The van der Waals surface area contributed by atoms with Crippen LogP contribution in [0.2, 0.25) is 0 Å². The second-order valence-corrected chi connectivity index (χ2v) is 7.30. The van der Waals surface area contributed by atoms with Crippen LogP contribution < -0.4 is 178 Å². The second kappa shape index (κ2) is 18.8. The minimum absolute atomic E-state index is 0. The Bertz CT molecular complexity index is 305. The summed E-state index contributed by atoms with van der Waals surface area (Å²) in [7, 11) is -11.7. The first-order valence-corrected chi connectivity index (χ1v) is 7.47. The van der Waals surface area contributed by atoms with Crippen LogP contribution in [-0.2, 0) is 18.5 Å². The quantitative estimate of drug-likeness (QED) is 0.105. The van der Waals surface area contributed by atoms with E-state index in [2.05, 4.69) is 9.37 Å². The van der Waals surface area contributed by atoms with Gasteiger partial charge in [-0.05, 0) is 21.6 Å². The van der Waals surface area contributed by atoms with Crippen molar-refractivity contribution in [1.29, 1.82) is 0 Å². The molecule has 0 saturated heterocycles. The van der Waals surface area contributed by atoms with E-state index in [4.69, 9.17) is 5.73 Å². The topological polar surface area (TPSA) is 194 Å². The van der Waals surface area contributed by atoms with E-state index < -0.39 is 32.4 Å². The molecule has 0 unspecified atom stereocenters. The fraction of sp³-hybridized carbons (Fsp3) is 1.00. The van der Waals surface area contributed by atoms with E-state index >= 15 is 0 Å². The van der Waals surface area contributed by atoms with Crippen molar-refractivity contribution in [1.82, 2.24) is 0 Å². The van der Waals surface area contributed by atoms with Crippen LogP contribution in [0.15, 0.2) is 0 Å². The van der Waals surface area contributed by atoms with Crippen LogP contribution in [0.3, 0.4) is 0 Å². The molecule has 0 aromatic carbocycles. The van der Waals surface area contributed by atoms with Gasteiger partial charge in [0, 0.05) is 17.8 Å². The van der Waals surface area contributed by atoms with E-state index in [0.29, 0.717) is 0 Å². The maximum atomic E-state index is 10.6. The first kappa shape index (κ1) is 41.0. The SMILES string of the molecule is NC(CCSOO[O-])(P(=O)([O-])[O-])P(=O)([O-])[O-].[Na+].[Na+].[Na+].[Na+].[Na+]. The summed E-state index contributed by atoms with van der Waals surface area (Å²) >= 11 is 0.200. The fourth-order valence-electron chi connectivity index (χ4n) is 0.669. The van der Waals surface area contributed by atoms with Crippen LogP contribution >= 0.6 is 27.2 Å². The number of hydrogen-bond donors (Lipinski definition) is 1. The Kier molecular flexibility index (Phi) is 36.8. The predicted octanol–water partition coefficient (Wildman–Crippen LogP) is -19.3. The summed E-state index contributed by atoms with van der Waals surface area (Å²) in [6, 6.07) is 0. The standard InChI is InChI=1S/C3H11NO9P2S.5Na/c4-3(14(6,7)8,15(9,10)11)1-2-16-13-12-5;;;;;/h5H,1-2,4H2,(H2,6,7,8)(H2,9,10,11);;;;;/q;5*+1/p-5. The molecule has 18 heteroatoms. The van der Waals surface area contributed by atoms with E-state index in [1.165, 1.54) is 0 Å². The van der Waals surface area contributed by atoms with Gasteiger partial charge in [-0.2, -0.15) is 4.33 Å². The summed E-state index contributed by atoms with van der Waals surface area (Å²) < 4.78 is 24.9. The average molecular weight is 409 g/mol. The molecule has 0 bridgehead atoms. The summed E-state index contributed by atoms with van der Waals surface area (Å²) in [5.41, 5.74) is 4.77. The van der Waals surface area contributed by atoms with Gasteiger partial charge < -0.3 is 39.7 Å². The maximum Gasteiger partial charge on any atom is 1.00 e. The van der Waals surface area contributed by atoms with Crippen molar-refractivity contribution in [2.45, 2.75) is 11.4 Å². The Morgan fingerprint density at radius 2 is 1.29 bits per heavy atom. The van der Waals surface area contributed by atoms with Crippen LogP contribution in [0.5, 0.6) is 0 Å². The van der Waals surface area contributed by atoms with E-state index in [9.17, 15) is 34.0 Å². The van der Waals surface area contributed by atoms with Crippen LogP contribution in [-0.4, -0.2) is 10.8 Å². The normalized spacial score (nSPS) is 10.8. The molecule has 0 heterocycles. The molecule has 0 rings (SSSR count). The molecule has 0 aliphatic rings. The molecule has 0 aliphatic heterocycles. The first-order valence-electron chi connectivity index (χ1n) is 3.47. The van der Waals surface area contributed by atoms with Gasteiger partial charge in [0.05, 0.1) is 5.02 Å². The third-order valence-electron chi connectivity index (χ3n) is 1.58. The molecule has 21 heavy (non-hydrogen) atoms. The van der Waals surface area contributed by atoms with E-state index in [1.54, 1.807) is 0 Å². The summed E-state index contributed by atoms with van der Waals surface area (Å²) in [5, 5.41) is 8.72. The molecular formula is C3H6NNa5O9P2S. The smallest absolute Gasteiger partial charge is 0.809 e. The van der Waals surface area contributed by atoms with Gasteiger partial charge in [-0.3, -0.25) is 5.04 Å². The van der Waals surface area contributed by atoms with Crippen LogP contribution in [0.4, 0.5) is 0 Å². The molecule has 0 radical (unpaired) electrons. The molecule has 0 atom stereocenters. The molecule has 10 nitrogen and oxygen atoms in total. The van der Waals surface area contributed by atoms with Crippen molar-refractivity contribution in [2.24, 2.45) is 5.73 Å². The summed E-state index contributed by atoms with van der Waals surface area (Å²) in [6.45, 7) is 0. The Morgan fingerprint density at radius 3 is 1.52 bits per heavy atom. The Balaban J connectivity index is -0.000000112. The van der Waals surface area contributed by atoms with Gasteiger partial charge in [-0.1, -0.05) is 0 Å². The third-order valence-corrected chi connectivity index (χ3v) is 5.91.